The molecule has 0 aromatic carbocycles. The zero-order valence-corrected chi connectivity index (χ0v) is 11.3. The number of ether oxygens (including phenoxy) is 1. The molecule has 0 N–H and O–H groups in total. The molecule has 0 saturated heterocycles. The zero-order chi connectivity index (χ0) is 11.8. The second-order valence-electron chi connectivity index (χ2n) is 3.35. The second kappa shape index (κ2) is 8.71. The summed E-state index contributed by atoms with van der Waals surface area (Å²) in [5.41, 5.74) is 0.624. The fourth-order valence-corrected chi connectivity index (χ4v) is 1.37. The molecule has 0 saturated carbocycles. The molecule has 5 heteroatoms. The molecule has 0 atom stereocenters. The van der Waals surface area contributed by atoms with E-state index >= 15 is 0 Å². The van der Waals surface area contributed by atoms with Crippen LogP contribution in [0.1, 0.15) is 25.3 Å². The smallest absolute Gasteiger partial charge is 0.306 e. The maximum Gasteiger partial charge on any atom is 0.306 e. The minimum absolute atomic E-state index is 0. The molecule has 0 fully saturated rings. The molecule has 0 aliphatic heterocycles. The Hall–Kier alpha value is -1.41. The molecule has 92 valence electrons. The first-order valence-electron chi connectivity index (χ1n) is 5.31. The lowest BCUT2D eigenvalue weighted by molar-refractivity contribution is -0.697. The number of aryl methyl sites for hydroxylation is 1. The van der Waals surface area contributed by atoms with Crippen molar-refractivity contribution in [3.63, 3.8) is 0 Å². The number of nitriles is 1. The molecule has 1 aromatic rings. The lowest BCUT2D eigenvalue weighted by atomic mass is 10.3. The van der Waals surface area contributed by atoms with Crippen LogP contribution in [0.15, 0.2) is 24.5 Å². The molecule has 0 aliphatic rings. The Bertz CT molecular complexity index is 402. The Kier molecular flexibility index (Phi) is 7.99. The fraction of sp³-hybridized carbons (Fsp3) is 0.417. The van der Waals surface area contributed by atoms with Gasteiger partial charge in [0.2, 0.25) is 0 Å². The molecule has 1 rings (SSSR count). The number of rotatable bonds is 5. The Morgan fingerprint density at radius 3 is 3.00 bits per heavy atom. The third-order valence-electron chi connectivity index (χ3n) is 2.09. The molecule has 1 aromatic heterocycles. The highest BCUT2D eigenvalue weighted by Gasteiger charge is 2.05. The molecule has 1 heterocycles. The van der Waals surface area contributed by atoms with Crippen LogP contribution in [0.25, 0.3) is 0 Å². The van der Waals surface area contributed by atoms with Gasteiger partial charge in [-0.25, -0.2) is 4.57 Å². The summed E-state index contributed by atoms with van der Waals surface area (Å²) in [5, 5.41) is 8.71. The third kappa shape index (κ3) is 6.03. The zero-order valence-electron chi connectivity index (χ0n) is 9.73. The fourth-order valence-electron chi connectivity index (χ4n) is 1.37. The second-order valence-corrected chi connectivity index (χ2v) is 3.35. The maximum atomic E-state index is 11.1. The van der Waals surface area contributed by atoms with Crippen molar-refractivity contribution in [2.24, 2.45) is 0 Å². The van der Waals surface area contributed by atoms with Gasteiger partial charge in [-0.3, -0.25) is 4.79 Å². The van der Waals surface area contributed by atoms with E-state index in [-0.39, 0.29) is 23.0 Å². The molecular formula is C12H15BrN2O2. The number of carbonyl (C=O) groups is 1. The number of carbonyl (C=O) groups excluding carboxylic acids is 1. The van der Waals surface area contributed by atoms with Crippen molar-refractivity contribution in [3.8, 4) is 6.07 Å². The van der Waals surface area contributed by atoms with Crippen molar-refractivity contribution in [2.45, 2.75) is 26.3 Å². The highest BCUT2D eigenvalue weighted by molar-refractivity contribution is 5.69. The molecule has 0 radical (unpaired) electrons. The summed E-state index contributed by atoms with van der Waals surface area (Å²) in [6.45, 7) is 2.94. The van der Waals surface area contributed by atoms with E-state index in [9.17, 15) is 4.79 Å². The topological polar surface area (TPSA) is 54.0 Å². The van der Waals surface area contributed by atoms with Crippen LogP contribution in [0.5, 0.6) is 0 Å². The molecule has 17 heavy (non-hydrogen) atoms. The van der Waals surface area contributed by atoms with Crippen molar-refractivity contribution in [1.29, 1.82) is 5.26 Å². The summed E-state index contributed by atoms with van der Waals surface area (Å²) in [7, 11) is 0. The first-order valence-corrected chi connectivity index (χ1v) is 5.31. The van der Waals surface area contributed by atoms with E-state index in [1.54, 1.807) is 19.2 Å². The van der Waals surface area contributed by atoms with Gasteiger partial charge in [-0.05, 0) is 13.0 Å². The van der Waals surface area contributed by atoms with Crippen LogP contribution in [0.4, 0.5) is 0 Å². The van der Waals surface area contributed by atoms with Gasteiger partial charge in [-0.15, -0.1) is 0 Å². The van der Waals surface area contributed by atoms with Gasteiger partial charge >= 0.3 is 5.97 Å². The normalized spacial score (nSPS) is 8.94. The third-order valence-corrected chi connectivity index (χ3v) is 2.09. The molecule has 0 unspecified atom stereocenters. The highest BCUT2D eigenvalue weighted by Crippen LogP contribution is 1.95. The Morgan fingerprint density at radius 1 is 1.59 bits per heavy atom. The van der Waals surface area contributed by atoms with E-state index in [0.717, 1.165) is 6.42 Å². The molecular weight excluding hydrogens is 284 g/mol. The van der Waals surface area contributed by atoms with Crippen LogP contribution in [0.3, 0.4) is 0 Å². The van der Waals surface area contributed by atoms with Gasteiger partial charge in [0.25, 0.3) is 0 Å². The van der Waals surface area contributed by atoms with Crippen molar-refractivity contribution in [2.75, 3.05) is 6.61 Å². The van der Waals surface area contributed by atoms with Gasteiger partial charge in [-0.2, -0.15) is 5.26 Å². The van der Waals surface area contributed by atoms with Crippen LogP contribution in [-0.2, 0) is 16.1 Å². The quantitative estimate of drug-likeness (QED) is 0.476. The summed E-state index contributed by atoms with van der Waals surface area (Å²) >= 11 is 0. The predicted octanol–water partition coefficient (Wildman–Crippen LogP) is -1.81. The first kappa shape index (κ1) is 15.6. The van der Waals surface area contributed by atoms with E-state index in [1.807, 2.05) is 16.8 Å². The van der Waals surface area contributed by atoms with E-state index < -0.39 is 0 Å². The van der Waals surface area contributed by atoms with Crippen molar-refractivity contribution in [1.82, 2.24) is 0 Å². The predicted molar refractivity (Wildman–Crippen MR) is 57.2 cm³/mol. The van der Waals surface area contributed by atoms with Crippen molar-refractivity contribution in [3.05, 3.63) is 30.1 Å². The molecule has 0 amide bonds. The number of pyridine rings is 1. The summed E-state index contributed by atoms with van der Waals surface area (Å²) in [5.74, 6) is -0.167. The molecule has 0 aliphatic carbocycles. The molecule has 0 bridgehead atoms. The number of nitrogens with zero attached hydrogens (tertiary/aromatic N) is 2. The largest absolute Gasteiger partial charge is 1.00 e. The number of halogens is 1. The molecule has 0 spiro atoms. The Morgan fingerprint density at radius 2 is 2.35 bits per heavy atom. The summed E-state index contributed by atoms with van der Waals surface area (Å²) < 4.78 is 6.72. The number of hydrogen-bond donors (Lipinski definition) is 0. The lowest BCUT2D eigenvalue weighted by Crippen LogP contribution is -3.00. The van der Waals surface area contributed by atoms with Crippen molar-refractivity contribution >= 4 is 5.97 Å². The van der Waals surface area contributed by atoms with Gasteiger partial charge in [-0.1, -0.05) is 0 Å². The Labute approximate surface area is 112 Å². The van der Waals surface area contributed by atoms with E-state index in [2.05, 4.69) is 6.07 Å². The van der Waals surface area contributed by atoms with Crippen LogP contribution in [-0.4, -0.2) is 12.6 Å². The average Bonchev–Trinajstić information content (AvgIpc) is 2.30. The lowest BCUT2D eigenvalue weighted by Gasteiger charge is -1.99. The summed E-state index contributed by atoms with van der Waals surface area (Å²) in [6.07, 6.45) is 4.78. The summed E-state index contributed by atoms with van der Waals surface area (Å²) in [4.78, 5) is 11.1. The summed E-state index contributed by atoms with van der Waals surface area (Å²) in [6, 6.07) is 5.65. The van der Waals surface area contributed by atoms with Crippen LogP contribution < -0.4 is 21.5 Å². The maximum absolute atomic E-state index is 11.1. The first-order chi connectivity index (χ1) is 7.76. The monoisotopic (exact) mass is 298 g/mol. The number of aromatic nitrogens is 1. The molecule has 4 nitrogen and oxygen atoms in total. The van der Waals surface area contributed by atoms with Crippen LogP contribution >= 0.6 is 0 Å². The van der Waals surface area contributed by atoms with Gasteiger partial charge in [0.05, 0.1) is 13.0 Å². The van der Waals surface area contributed by atoms with E-state index in [1.165, 1.54) is 0 Å². The van der Waals surface area contributed by atoms with Gasteiger partial charge in [0.1, 0.15) is 18.2 Å². The minimum atomic E-state index is -0.167. The number of hydrogen-bond acceptors (Lipinski definition) is 3. The van der Waals surface area contributed by atoms with Crippen LogP contribution in [0.2, 0.25) is 0 Å². The van der Waals surface area contributed by atoms with Crippen molar-refractivity contribution < 1.29 is 31.1 Å². The SMILES string of the molecule is CCOC(=O)CCC[n+]1cccc(C#N)c1.[Br-]. The number of esters is 1. The highest BCUT2D eigenvalue weighted by atomic mass is 79.9. The van der Waals surface area contributed by atoms with Crippen LogP contribution in [0, 0.1) is 11.3 Å². The van der Waals surface area contributed by atoms with Gasteiger partial charge < -0.3 is 21.7 Å². The minimum Gasteiger partial charge on any atom is -1.00 e. The Balaban J connectivity index is 0.00000256. The van der Waals surface area contributed by atoms with Gasteiger partial charge in [0, 0.05) is 12.5 Å². The standard InChI is InChI=1S/C12H15N2O2.BrH/c1-2-16-12(15)6-4-8-14-7-3-5-11(9-13)10-14;/h3,5,7,10H,2,4,6,8H2,1H3;1H/q+1;/p-1. The van der Waals surface area contributed by atoms with E-state index in [4.69, 9.17) is 10.00 Å². The average molecular weight is 299 g/mol. The van der Waals surface area contributed by atoms with Gasteiger partial charge in [0.15, 0.2) is 12.4 Å². The van der Waals surface area contributed by atoms with E-state index in [0.29, 0.717) is 25.1 Å².